The van der Waals surface area contributed by atoms with Crippen LogP contribution >= 0.6 is 0 Å². The molecule has 0 spiro atoms. The van der Waals surface area contributed by atoms with Gasteiger partial charge in [0.1, 0.15) is 11.4 Å². The van der Waals surface area contributed by atoms with Gasteiger partial charge in [0.25, 0.3) is 0 Å². The zero-order valence-electron chi connectivity index (χ0n) is 9.08. The molecule has 0 saturated carbocycles. The van der Waals surface area contributed by atoms with Gasteiger partial charge in [-0.15, -0.1) is 0 Å². The summed E-state index contributed by atoms with van der Waals surface area (Å²) in [6.07, 6.45) is 0.997. The van der Waals surface area contributed by atoms with Crippen LogP contribution in [0.2, 0.25) is 0 Å². The molecule has 1 aromatic carbocycles. The Bertz CT molecular complexity index is 292. The highest BCUT2D eigenvalue weighted by atomic mass is 16.5. The van der Waals surface area contributed by atoms with Gasteiger partial charge in [0.15, 0.2) is 0 Å². The molecule has 0 aliphatic heterocycles. The minimum Gasteiger partial charge on any atom is -0.485 e. The maximum atomic E-state index is 9.06. The molecule has 78 valence electrons. The number of ether oxygens (including phenoxy) is 1. The van der Waals surface area contributed by atoms with Crippen molar-refractivity contribution in [1.29, 1.82) is 0 Å². The van der Waals surface area contributed by atoms with Gasteiger partial charge >= 0.3 is 0 Å². The molecule has 0 saturated heterocycles. The van der Waals surface area contributed by atoms with Gasteiger partial charge in [-0.05, 0) is 38.0 Å². The van der Waals surface area contributed by atoms with Crippen molar-refractivity contribution in [2.45, 2.75) is 32.8 Å². The van der Waals surface area contributed by atoms with Gasteiger partial charge in [-0.3, -0.25) is 0 Å². The summed E-state index contributed by atoms with van der Waals surface area (Å²) in [4.78, 5) is 0. The molecular weight excluding hydrogens is 176 g/mol. The third-order valence-electron chi connectivity index (χ3n) is 2.08. The molecule has 2 heteroatoms. The van der Waals surface area contributed by atoms with Gasteiger partial charge in [0, 0.05) is 0 Å². The van der Waals surface area contributed by atoms with E-state index in [0.717, 1.165) is 12.2 Å². The minimum absolute atomic E-state index is 0.0172. The molecule has 0 atom stereocenters. The van der Waals surface area contributed by atoms with Crippen molar-refractivity contribution in [3.63, 3.8) is 0 Å². The summed E-state index contributed by atoms with van der Waals surface area (Å²) < 4.78 is 5.64. The number of hydrogen-bond acceptors (Lipinski definition) is 2. The molecule has 0 aromatic heterocycles. The summed E-state index contributed by atoms with van der Waals surface area (Å²) in [6, 6.07) is 7.97. The van der Waals surface area contributed by atoms with Gasteiger partial charge in [-0.2, -0.15) is 0 Å². The van der Waals surface area contributed by atoms with E-state index in [1.54, 1.807) is 0 Å². The molecule has 2 nitrogen and oxygen atoms in total. The first-order valence-electron chi connectivity index (χ1n) is 4.96. The Labute approximate surface area is 85.5 Å². The molecule has 1 aromatic rings. The number of benzene rings is 1. The van der Waals surface area contributed by atoms with E-state index < -0.39 is 5.60 Å². The van der Waals surface area contributed by atoms with E-state index in [-0.39, 0.29) is 6.61 Å². The van der Waals surface area contributed by atoms with Crippen molar-refractivity contribution in [1.82, 2.24) is 0 Å². The van der Waals surface area contributed by atoms with Crippen molar-refractivity contribution in [3.05, 3.63) is 29.8 Å². The van der Waals surface area contributed by atoms with Crippen LogP contribution in [0.3, 0.4) is 0 Å². The monoisotopic (exact) mass is 194 g/mol. The Morgan fingerprint density at radius 3 is 2.64 bits per heavy atom. The molecule has 1 N–H and O–H groups in total. The third kappa shape index (κ3) is 3.04. The lowest BCUT2D eigenvalue weighted by Gasteiger charge is -2.24. The first-order chi connectivity index (χ1) is 6.57. The Morgan fingerprint density at radius 2 is 2.07 bits per heavy atom. The molecule has 0 radical (unpaired) electrons. The maximum Gasteiger partial charge on any atom is 0.126 e. The highest BCUT2D eigenvalue weighted by molar-refractivity contribution is 5.28. The van der Waals surface area contributed by atoms with Crippen LogP contribution in [0.4, 0.5) is 0 Å². The number of aliphatic hydroxyl groups excluding tert-OH is 1. The molecule has 0 bridgehead atoms. The van der Waals surface area contributed by atoms with Gasteiger partial charge in [-0.1, -0.05) is 19.1 Å². The standard InChI is InChI=1S/C12H18O2/c1-4-10-6-5-7-11(8-10)14-12(2,3)9-13/h5-8,13H,4,9H2,1-3H3. The topological polar surface area (TPSA) is 29.5 Å². The summed E-state index contributed by atoms with van der Waals surface area (Å²) in [7, 11) is 0. The second kappa shape index (κ2) is 4.47. The summed E-state index contributed by atoms with van der Waals surface area (Å²) in [5.74, 6) is 0.823. The van der Waals surface area contributed by atoms with E-state index >= 15 is 0 Å². The fraction of sp³-hybridized carbons (Fsp3) is 0.500. The predicted molar refractivity (Wildman–Crippen MR) is 57.6 cm³/mol. The van der Waals surface area contributed by atoms with E-state index in [2.05, 4.69) is 13.0 Å². The molecule has 0 aliphatic carbocycles. The Morgan fingerprint density at radius 1 is 1.36 bits per heavy atom. The molecular formula is C12H18O2. The van der Waals surface area contributed by atoms with Crippen LogP contribution in [0.1, 0.15) is 26.3 Å². The second-order valence-electron chi connectivity index (χ2n) is 4.02. The van der Waals surface area contributed by atoms with Crippen molar-refractivity contribution in [2.24, 2.45) is 0 Å². The van der Waals surface area contributed by atoms with Crippen LogP contribution in [0.25, 0.3) is 0 Å². The van der Waals surface area contributed by atoms with Crippen LogP contribution in [0, 0.1) is 0 Å². The zero-order valence-corrected chi connectivity index (χ0v) is 9.08. The number of aliphatic hydroxyl groups is 1. The van der Waals surface area contributed by atoms with Gasteiger partial charge in [-0.25, -0.2) is 0 Å². The van der Waals surface area contributed by atoms with E-state index in [1.165, 1.54) is 5.56 Å². The smallest absolute Gasteiger partial charge is 0.126 e. The molecule has 0 amide bonds. The van der Waals surface area contributed by atoms with Crippen LogP contribution < -0.4 is 4.74 Å². The quantitative estimate of drug-likeness (QED) is 0.797. The number of rotatable bonds is 4. The van der Waals surface area contributed by atoms with Gasteiger partial charge in [0.2, 0.25) is 0 Å². The fourth-order valence-corrected chi connectivity index (χ4v) is 1.18. The lowest BCUT2D eigenvalue weighted by atomic mass is 10.1. The van der Waals surface area contributed by atoms with Gasteiger partial charge < -0.3 is 9.84 Å². The van der Waals surface area contributed by atoms with Crippen LogP contribution in [-0.2, 0) is 6.42 Å². The number of aryl methyl sites for hydroxylation is 1. The van der Waals surface area contributed by atoms with E-state index in [1.807, 2.05) is 32.0 Å². The highest BCUT2D eigenvalue weighted by Gasteiger charge is 2.17. The first kappa shape index (κ1) is 11.1. The van der Waals surface area contributed by atoms with E-state index in [4.69, 9.17) is 9.84 Å². The van der Waals surface area contributed by atoms with Crippen molar-refractivity contribution in [3.8, 4) is 5.75 Å². The molecule has 14 heavy (non-hydrogen) atoms. The predicted octanol–water partition coefficient (Wildman–Crippen LogP) is 2.40. The van der Waals surface area contributed by atoms with Crippen molar-refractivity contribution in [2.75, 3.05) is 6.61 Å². The van der Waals surface area contributed by atoms with Crippen LogP contribution in [0.5, 0.6) is 5.75 Å². The van der Waals surface area contributed by atoms with Crippen LogP contribution in [-0.4, -0.2) is 17.3 Å². The van der Waals surface area contributed by atoms with E-state index in [9.17, 15) is 0 Å². The lowest BCUT2D eigenvalue weighted by Crippen LogP contribution is -2.32. The average Bonchev–Trinajstić information content (AvgIpc) is 2.17. The van der Waals surface area contributed by atoms with Gasteiger partial charge in [0.05, 0.1) is 6.61 Å². The Balaban J connectivity index is 2.76. The third-order valence-corrected chi connectivity index (χ3v) is 2.08. The Kier molecular flexibility index (Phi) is 3.53. The summed E-state index contributed by atoms with van der Waals surface area (Å²) in [6.45, 7) is 5.86. The van der Waals surface area contributed by atoms with Crippen molar-refractivity contribution < 1.29 is 9.84 Å². The van der Waals surface area contributed by atoms with Crippen LogP contribution in [0.15, 0.2) is 24.3 Å². The minimum atomic E-state index is -0.508. The lowest BCUT2D eigenvalue weighted by molar-refractivity contribution is 0.0412. The normalized spacial score (nSPS) is 11.4. The summed E-state index contributed by atoms with van der Waals surface area (Å²) >= 11 is 0. The SMILES string of the molecule is CCc1cccc(OC(C)(C)CO)c1. The molecule has 0 unspecified atom stereocenters. The average molecular weight is 194 g/mol. The molecule has 1 rings (SSSR count). The number of hydrogen-bond donors (Lipinski definition) is 1. The molecule has 0 heterocycles. The molecule has 0 aliphatic rings. The largest absolute Gasteiger partial charge is 0.485 e. The highest BCUT2D eigenvalue weighted by Crippen LogP contribution is 2.19. The fourth-order valence-electron chi connectivity index (χ4n) is 1.18. The Hall–Kier alpha value is -1.02. The van der Waals surface area contributed by atoms with Crippen molar-refractivity contribution >= 4 is 0 Å². The zero-order chi connectivity index (χ0) is 10.6. The molecule has 0 fully saturated rings. The summed E-state index contributed by atoms with van der Waals surface area (Å²) in [5, 5.41) is 9.06. The first-order valence-corrected chi connectivity index (χ1v) is 4.96. The maximum absolute atomic E-state index is 9.06. The summed E-state index contributed by atoms with van der Waals surface area (Å²) in [5.41, 5.74) is 0.739. The second-order valence-corrected chi connectivity index (χ2v) is 4.02. The van der Waals surface area contributed by atoms with E-state index in [0.29, 0.717) is 0 Å².